The number of ether oxygens (including phenoxy) is 12. The molecule has 2 fully saturated rings. The maximum atomic E-state index is 13.2. The fourth-order valence-electron chi connectivity index (χ4n) is 6.91. The predicted octanol–water partition coefficient (Wildman–Crippen LogP) is 2.17. The van der Waals surface area contributed by atoms with Gasteiger partial charge in [-0.2, -0.15) is 0 Å². The molecule has 2 aliphatic heterocycles. The standard InChI is InChI=1S/C42H46O22/c1-18(43)53-16-32-35(55-20(3)45)37(56-21(4)46)40(59-24(7)49)42(63-32)64-36-33(17-54-19(2)44)62-41(39(58-23(6)48)38(36)57-22(5)47)60-27-13-28(50)34-29(51)15-30(61-31(34)14-27)25-9-11-26(52-8)12-10-25/h9-15,32-33,35-42,50H,16-17H2,1-8H3/t32-,33-,35-,36-,37+,38+,39-,40-,41-,42+/m1/s1. The van der Waals surface area contributed by atoms with E-state index in [2.05, 4.69) is 0 Å². The minimum atomic E-state index is -1.90. The number of fused-ring (bicyclic) bond motifs is 1. The fourth-order valence-corrected chi connectivity index (χ4v) is 6.91. The lowest BCUT2D eigenvalue weighted by atomic mass is 9.96. The molecule has 2 aliphatic rings. The van der Waals surface area contributed by atoms with Gasteiger partial charge in [0.2, 0.25) is 12.4 Å². The number of hydrogen-bond donors (Lipinski definition) is 1. The van der Waals surface area contributed by atoms with Gasteiger partial charge >= 0.3 is 41.8 Å². The average Bonchev–Trinajstić information content (AvgIpc) is 3.19. The van der Waals surface area contributed by atoms with Gasteiger partial charge in [0, 0.05) is 72.2 Å². The van der Waals surface area contributed by atoms with Crippen molar-refractivity contribution in [3.63, 3.8) is 0 Å². The summed E-state index contributed by atoms with van der Waals surface area (Å²) in [5.41, 5.74) is -0.274. The molecule has 2 saturated heterocycles. The van der Waals surface area contributed by atoms with Crippen molar-refractivity contribution >= 4 is 52.8 Å². The number of phenolic OH excluding ortho intramolecular Hbond substituents is 1. The molecule has 3 aromatic rings. The maximum Gasteiger partial charge on any atom is 0.303 e. The van der Waals surface area contributed by atoms with E-state index in [1.807, 2.05) is 0 Å². The first kappa shape index (κ1) is 48.3. The van der Waals surface area contributed by atoms with Gasteiger partial charge in [-0.15, -0.1) is 0 Å². The fraction of sp³-hybridized carbons (Fsp3) is 0.476. The van der Waals surface area contributed by atoms with Gasteiger partial charge in [0.15, 0.2) is 36.1 Å². The highest BCUT2D eigenvalue weighted by atomic mass is 16.8. The third-order valence-corrected chi connectivity index (χ3v) is 9.30. The molecule has 0 unspecified atom stereocenters. The highest BCUT2D eigenvalue weighted by molar-refractivity contribution is 5.86. The topological polar surface area (TPSA) is 281 Å². The van der Waals surface area contributed by atoms with Crippen LogP contribution in [0.1, 0.15) is 48.5 Å². The Hall–Kier alpha value is -6.78. The number of rotatable bonds is 15. The number of hydrogen-bond acceptors (Lipinski definition) is 22. The van der Waals surface area contributed by atoms with E-state index in [-0.39, 0.29) is 22.5 Å². The molecule has 2 aromatic carbocycles. The van der Waals surface area contributed by atoms with E-state index in [1.165, 1.54) is 19.2 Å². The second-order valence-corrected chi connectivity index (χ2v) is 14.3. The van der Waals surface area contributed by atoms with Crippen LogP contribution in [0.4, 0.5) is 0 Å². The Labute approximate surface area is 363 Å². The molecule has 10 atom stereocenters. The Morgan fingerprint density at radius 2 is 1.03 bits per heavy atom. The van der Waals surface area contributed by atoms with Crippen molar-refractivity contribution < 1.29 is 99.9 Å². The van der Waals surface area contributed by atoms with Crippen LogP contribution in [0.3, 0.4) is 0 Å². The number of aromatic hydroxyl groups is 1. The molecule has 1 N–H and O–H groups in total. The molecule has 0 aliphatic carbocycles. The van der Waals surface area contributed by atoms with Crippen LogP contribution in [0.25, 0.3) is 22.3 Å². The van der Waals surface area contributed by atoms with Gasteiger partial charge in [-0.25, -0.2) is 0 Å². The Morgan fingerprint density at radius 1 is 0.562 bits per heavy atom. The quantitative estimate of drug-likeness (QED) is 0.169. The van der Waals surface area contributed by atoms with Gasteiger partial charge in [-0.05, 0) is 24.3 Å². The zero-order valence-electron chi connectivity index (χ0n) is 35.7. The molecular formula is C42H46O22. The highest BCUT2D eigenvalue weighted by Gasteiger charge is 2.58. The molecule has 64 heavy (non-hydrogen) atoms. The Kier molecular flexibility index (Phi) is 15.9. The van der Waals surface area contributed by atoms with Crippen LogP contribution in [0, 0.1) is 0 Å². The van der Waals surface area contributed by atoms with E-state index >= 15 is 0 Å². The number of benzene rings is 2. The van der Waals surface area contributed by atoms with E-state index in [0.29, 0.717) is 11.3 Å². The summed E-state index contributed by atoms with van der Waals surface area (Å²) in [6, 6.07) is 10.0. The minimum absolute atomic E-state index is 0.113. The second kappa shape index (κ2) is 21.1. The lowest BCUT2D eigenvalue weighted by molar-refractivity contribution is -0.354. The molecule has 0 radical (unpaired) electrons. The van der Waals surface area contributed by atoms with E-state index in [0.717, 1.165) is 54.5 Å². The largest absolute Gasteiger partial charge is 0.507 e. The van der Waals surface area contributed by atoms with Gasteiger partial charge in [0.25, 0.3) is 0 Å². The highest BCUT2D eigenvalue weighted by Crippen LogP contribution is 2.38. The van der Waals surface area contributed by atoms with Crippen LogP contribution < -0.4 is 14.9 Å². The zero-order valence-corrected chi connectivity index (χ0v) is 35.7. The first-order chi connectivity index (χ1) is 30.2. The predicted molar refractivity (Wildman–Crippen MR) is 210 cm³/mol. The number of esters is 7. The molecule has 5 rings (SSSR count). The average molecular weight is 903 g/mol. The normalized spacial score (nSPS) is 25.2. The number of methoxy groups -OCH3 is 1. The van der Waals surface area contributed by atoms with Crippen LogP contribution in [-0.2, 0) is 80.9 Å². The molecule has 22 heteroatoms. The number of carbonyl (C=O) groups is 7. The van der Waals surface area contributed by atoms with E-state index < -0.39 is 128 Å². The van der Waals surface area contributed by atoms with Crippen LogP contribution in [0.5, 0.6) is 17.2 Å². The van der Waals surface area contributed by atoms with Gasteiger partial charge in [0.1, 0.15) is 65.5 Å². The van der Waals surface area contributed by atoms with Crippen LogP contribution in [0.2, 0.25) is 0 Å². The third-order valence-electron chi connectivity index (χ3n) is 9.30. The summed E-state index contributed by atoms with van der Waals surface area (Å²) in [6.07, 6.45) is -17.1. The summed E-state index contributed by atoms with van der Waals surface area (Å²) < 4.78 is 74.2. The van der Waals surface area contributed by atoms with Crippen LogP contribution >= 0.6 is 0 Å². The first-order valence-corrected chi connectivity index (χ1v) is 19.5. The molecule has 3 heterocycles. The van der Waals surface area contributed by atoms with Gasteiger partial charge < -0.3 is 66.4 Å². The number of carbonyl (C=O) groups excluding carboxylic acids is 7. The monoisotopic (exact) mass is 902 g/mol. The zero-order chi connectivity index (χ0) is 47.0. The summed E-state index contributed by atoms with van der Waals surface area (Å²) in [5, 5.41) is 10.8. The molecular weight excluding hydrogens is 856 g/mol. The van der Waals surface area contributed by atoms with Crippen molar-refractivity contribution in [2.24, 2.45) is 0 Å². The molecule has 1 aromatic heterocycles. The number of phenols is 1. The summed E-state index contributed by atoms with van der Waals surface area (Å²) in [4.78, 5) is 100. The Bertz CT molecular complexity index is 2280. The molecule has 0 amide bonds. The van der Waals surface area contributed by atoms with E-state index in [4.69, 9.17) is 61.3 Å². The van der Waals surface area contributed by atoms with Gasteiger partial charge in [0.05, 0.1) is 7.11 Å². The third kappa shape index (κ3) is 12.2. The van der Waals surface area contributed by atoms with Crippen LogP contribution in [-0.4, -0.2) is 129 Å². The van der Waals surface area contributed by atoms with Crippen molar-refractivity contribution in [2.75, 3.05) is 20.3 Å². The summed E-state index contributed by atoms with van der Waals surface area (Å²) >= 11 is 0. The summed E-state index contributed by atoms with van der Waals surface area (Å²) in [7, 11) is 1.49. The van der Waals surface area contributed by atoms with Crippen molar-refractivity contribution in [3.05, 3.63) is 52.7 Å². The maximum absolute atomic E-state index is 13.2. The molecule has 0 bridgehead atoms. The van der Waals surface area contributed by atoms with Crippen molar-refractivity contribution in [1.82, 2.24) is 0 Å². The smallest absolute Gasteiger partial charge is 0.303 e. The van der Waals surface area contributed by atoms with Gasteiger partial charge in [-0.1, -0.05) is 0 Å². The SMILES string of the molecule is COc1ccc(-c2cc(=O)c3c(O)cc(O[C@@H]4O[C@H](COC(C)=O)[C@@H](O[C@@H]5O[C@H](COC(C)=O)[C@@H](OC(C)=O)[C@H](OC(C)=O)[C@H]5OC(C)=O)[C@H](OC(C)=O)[C@H]4OC(C)=O)cc3o2)cc1. The van der Waals surface area contributed by atoms with Crippen molar-refractivity contribution in [3.8, 4) is 28.6 Å². The molecule has 0 saturated carbocycles. The Morgan fingerprint density at radius 3 is 1.55 bits per heavy atom. The van der Waals surface area contributed by atoms with E-state index in [1.54, 1.807) is 24.3 Å². The van der Waals surface area contributed by atoms with Crippen molar-refractivity contribution in [2.45, 2.75) is 110 Å². The first-order valence-electron chi connectivity index (χ1n) is 19.5. The second-order valence-electron chi connectivity index (χ2n) is 14.3. The van der Waals surface area contributed by atoms with Crippen molar-refractivity contribution in [1.29, 1.82) is 0 Å². The van der Waals surface area contributed by atoms with Gasteiger partial charge in [-0.3, -0.25) is 38.4 Å². The summed E-state index contributed by atoms with van der Waals surface area (Å²) in [5.74, 6) is -6.50. The molecule has 346 valence electrons. The molecule has 22 nitrogen and oxygen atoms in total. The molecule has 0 spiro atoms. The minimum Gasteiger partial charge on any atom is -0.507 e. The lowest BCUT2D eigenvalue weighted by Gasteiger charge is -2.48. The van der Waals surface area contributed by atoms with E-state index in [9.17, 15) is 43.5 Å². The Balaban J connectivity index is 1.60. The lowest BCUT2D eigenvalue weighted by Crippen LogP contribution is -2.67. The van der Waals surface area contributed by atoms with Crippen LogP contribution in [0.15, 0.2) is 51.7 Å². The summed E-state index contributed by atoms with van der Waals surface area (Å²) in [6.45, 7) is 5.89.